The van der Waals surface area contributed by atoms with Gasteiger partial charge in [0.2, 0.25) is 5.91 Å². The van der Waals surface area contributed by atoms with Gasteiger partial charge in [0.15, 0.2) is 9.84 Å². The number of carbonyl (C=O) groups is 2. The molecule has 8 nitrogen and oxygen atoms in total. The van der Waals surface area contributed by atoms with E-state index < -0.39 is 9.84 Å². The molecular weight excluding hydrogens is 332 g/mol. The molecule has 0 radical (unpaired) electrons. The van der Waals surface area contributed by atoms with Gasteiger partial charge in [0.05, 0.1) is 24.1 Å². The van der Waals surface area contributed by atoms with Crippen molar-refractivity contribution in [3.8, 4) is 0 Å². The second-order valence-electron chi connectivity index (χ2n) is 6.62. The summed E-state index contributed by atoms with van der Waals surface area (Å²) in [5.74, 6) is -0.0564. The van der Waals surface area contributed by atoms with E-state index in [1.54, 1.807) is 23.9 Å². The van der Waals surface area contributed by atoms with Crippen LogP contribution < -0.4 is 0 Å². The Bertz CT molecular complexity index is 588. The van der Waals surface area contributed by atoms with Crippen molar-refractivity contribution in [2.45, 2.75) is 25.9 Å². The van der Waals surface area contributed by atoms with Crippen LogP contribution in [0, 0.1) is 0 Å². The van der Waals surface area contributed by atoms with Crippen LogP contribution in [0.2, 0.25) is 0 Å². The minimum atomic E-state index is -3.20. The number of carbonyl (C=O) groups excluding carboxylic acids is 2. The van der Waals surface area contributed by atoms with E-state index in [0.29, 0.717) is 26.2 Å². The minimum Gasteiger partial charge on any atom is -0.348 e. The van der Waals surface area contributed by atoms with E-state index in [4.69, 9.17) is 0 Å². The number of likely N-dealkylation sites (N-methyl/N-ethyl adjacent to an activating group) is 1. The first-order chi connectivity index (χ1) is 11.2. The molecule has 3 amide bonds. The molecule has 2 rings (SSSR count). The molecule has 2 heterocycles. The smallest absolute Gasteiger partial charge is 0.320 e. The van der Waals surface area contributed by atoms with Gasteiger partial charge in [-0.1, -0.05) is 0 Å². The number of nitrogens with zero attached hydrogens (tertiary/aromatic N) is 4. The van der Waals surface area contributed by atoms with Crippen molar-refractivity contribution in [3.05, 3.63) is 0 Å². The first kappa shape index (κ1) is 19.0. The number of hydrogen-bond acceptors (Lipinski definition) is 5. The molecule has 0 aromatic carbocycles. The van der Waals surface area contributed by atoms with Crippen molar-refractivity contribution in [2.75, 3.05) is 58.3 Å². The molecule has 2 aliphatic rings. The fourth-order valence-electron chi connectivity index (χ4n) is 3.45. The van der Waals surface area contributed by atoms with Crippen LogP contribution in [0.15, 0.2) is 0 Å². The number of sulfone groups is 1. The highest BCUT2D eigenvalue weighted by Gasteiger charge is 2.48. The van der Waals surface area contributed by atoms with Gasteiger partial charge in [-0.05, 0) is 13.8 Å². The lowest BCUT2D eigenvalue weighted by atomic mass is 10.0. The van der Waals surface area contributed by atoms with Gasteiger partial charge in [0.25, 0.3) is 0 Å². The van der Waals surface area contributed by atoms with Crippen molar-refractivity contribution in [2.24, 2.45) is 0 Å². The van der Waals surface area contributed by atoms with E-state index in [1.807, 2.05) is 18.7 Å². The zero-order valence-corrected chi connectivity index (χ0v) is 15.8. The number of fused-ring (bicyclic) bond motifs is 1. The minimum absolute atomic E-state index is 0.0143. The van der Waals surface area contributed by atoms with Crippen molar-refractivity contribution >= 4 is 21.8 Å². The highest BCUT2D eigenvalue weighted by molar-refractivity contribution is 7.91. The summed E-state index contributed by atoms with van der Waals surface area (Å²) in [7, 11) is 0.169. The zero-order valence-electron chi connectivity index (χ0n) is 14.9. The first-order valence-electron chi connectivity index (χ1n) is 8.40. The van der Waals surface area contributed by atoms with Crippen molar-refractivity contribution < 1.29 is 18.0 Å². The summed E-state index contributed by atoms with van der Waals surface area (Å²) in [4.78, 5) is 31.6. The summed E-state index contributed by atoms with van der Waals surface area (Å²) in [6.45, 7) is 6.18. The lowest BCUT2D eigenvalue weighted by molar-refractivity contribution is -0.131. The highest BCUT2D eigenvalue weighted by Crippen LogP contribution is 2.27. The van der Waals surface area contributed by atoms with Crippen LogP contribution in [0.3, 0.4) is 0 Å². The van der Waals surface area contributed by atoms with Gasteiger partial charge < -0.3 is 14.7 Å². The average Bonchev–Trinajstić information content (AvgIpc) is 2.83. The van der Waals surface area contributed by atoms with Crippen LogP contribution in [-0.2, 0) is 14.6 Å². The molecule has 0 bridgehead atoms. The van der Waals surface area contributed by atoms with Crippen LogP contribution in [0.1, 0.15) is 13.8 Å². The van der Waals surface area contributed by atoms with Crippen LogP contribution in [0.4, 0.5) is 4.79 Å². The third-order valence-corrected chi connectivity index (χ3v) is 6.61. The Morgan fingerprint density at radius 3 is 2.17 bits per heavy atom. The maximum Gasteiger partial charge on any atom is 0.320 e. The number of rotatable bonds is 4. The standard InChI is InChI=1S/C15H28N4O4S/c1-5-17(6-2)15(21)19-8-7-18(9-14(20)16(3)4)12-10-24(22,23)11-13(12)19/h12-13H,5-11H2,1-4H3/t12-,13+/m1/s1. The quantitative estimate of drug-likeness (QED) is 0.664. The fraction of sp³-hybridized carbons (Fsp3) is 0.867. The third-order valence-electron chi connectivity index (χ3n) is 4.91. The summed E-state index contributed by atoms with van der Waals surface area (Å²) in [6, 6.07) is -0.773. The molecule has 0 saturated carbocycles. The number of amides is 3. The SMILES string of the molecule is CCN(CC)C(=O)N1CCN(CC(=O)N(C)C)[C@@H]2CS(=O)(=O)C[C@@H]21. The van der Waals surface area contributed by atoms with E-state index >= 15 is 0 Å². The van der Waals surface area contributed by atoms with Crippen molar-refractivity contribution in [3.63, 3.8) is 0 Å². The van der Waals surface area contributed by atoms with E-state index in [9.17, 15) is 18.0 Å². The molecule has 0 spiro atoms. The van der Waals surface area contributed by atoms with Crippen LogP contribution in [-0.4, -0.2) is 110 Å². The maximum absolute atomic E-state index is 12.7. The Balaban J connectivity index is 2.20. The predicted octanol–water partition coefficient (Wildman–Crippen LogP) is -0.680. The summed E-state index contributed by atoms with van der Waals surface area (Å²) in [6.07, 6.45) is 0. The first-order valence-corrected chi connectivity index (χ1v) is 10.2. The van der Waals surface area contributed by atoms with E-state index in [2.05, 4.69) is 0 Å². The monoisotopic (exact) mass is 360 g/mol. The molecule has 0 aliphatic carbocycles. The van der Waals surface area contributed by atoms with Crippen LogP contribution in [0.25, 0.3) is 0 Å². The van der Waals surface area contributed by atoms with Gasteiger partial charge in [-0.15, -0.1) is 0 Å². The van der Waals surface area contributed by atoms with Gasteiger partial charge in [-0.3, -0.25) is 9.69 Å². The highest BCUT2D eigenvalue weighted by atomic mass is 32.2. The molecule has 2 atom stereocenters. The van der Waals surface area contributed by atoms with Crippen molar-refractivity contribution in [1.29, 1.82) is 0 Å². The Morgan fingerprint density at radius 2 is 1.62 bits per heavy atom. The summed E-state index contributed by atoms with van der Waals surface area (Å²) in [5.41, 5.74) is 0. The van der Waals surface area contributed by atoms with E-state index in [0.717, 1.165) is 0 Å². The molecule has 2 saturated heterocycles. The molecule has 2 fully saturated rings. The van der Waals surface area contributed by atoms with Gasteiger partial charge in [-0.2, -0.15) is 0 Å². The van der Waals surface area contributed by atoms with E-state index in [1.165, 1.54) is 4.90 Å². The summed E-state index contributed by atoms with van der Waals surface area (Å²) < 4.78 is 24.3. The average molecular weight is 360 g/mol. The fourth-order valence-corrected chi connectivity index (χ4v) is 5.46. The zero-order chi connectivity index (χ0) is 18.1. The second kappa shape index (κ2) is 7.26. The molecule has 24 heavy (non-hydrogen) atoms. The van der Waals surface area contributed by atoms with Crippen molar-refractivity contribution in [1.82, 2.24) is 19.6 Å². The molecule has 0 aromatic rings. The molecule has 0 unspecified atom stereocenters. The maximum atomic E-state index is 12.7. The summed E-state index contributed by atoms with van der Waals surface area (Å²) >= 11 is 0. The number of urea groups is 1. The topological polar surface area (TPSA) is 81.2 Å². The van der Waals surface area contributed by atoms with Gasteiger partial charge in [0, 0.05) is 46.3 Å². The Kier molecular flexibility index (Phi) is 5.74. The molecule has 2 aliphatic heterocycles. The third kappa shape index (κ3) is 3.83. The van der Waals surface area contributed by atoms with Gasteiger partial charge in [-0.25, -0.2) is 13.2 Å². The number of hydrogen-bond donors (Lipinski definition) is 0. The largest absolute Gasteiger partial charge is 0.348 e. The van der Waals surface area contributed by atoms with E-state index in [-0.39, 0.29) is 42.1 Å². The Labute approximate surface area is 144 Å². The Morgan fingerprint density at radius 1 is 1.04 bits per heavy atom. The molecule has 0 aromatic heterocycles. The second-order valence-corrected chi connectivity index (χ2v) is 8.77. The van der Waals surface area contributed by atoms with Gasteiger partial charge >= 0.3 is 6.03 Å². The lowest BCUT2D eigenvalue weighted by Gasteiger charge is -2.45. The van der Waals surface area contributed by atoms with Crippen LogP contribution >= 0.6 is 0 Å². The molecular formula is C15H28N4O4S. The molecule has 0 N–H and O–H groups in total. The lowest BCUT2D eigenvalue weighted by Crippen LogP contribution is -2.63. The molecule has 138 valence electrons. The van der Waals surface area contributed by atoms with Crippen LogP contribution in [0.5, 0.6) is 0 Å². The molecule has 9 heteroatoms. The number of piperazine rings is 1. The van der Waals surface area contributed by atoms with Gasteiger partial charge in [0.1, 0.15) is 0 Å². The summed E-state index contributed by atoms with van der Waals surface area (Å²) in [5, 5.41) is 0. The Hall–Kier alpha value is -1.35. The normalized spacial score (nSPS) is 26.1. The predicted molar refractivity (Wildman–Crippen MR) is 91.5 cm³/mol.